The van der Waals surface area contributed by atoms with Gasteiger partial charge in [-0.25, -0.2) is 9.78 Å². The summed E-state index contributed by atoms with van der Waals surface area (Å²) >= 11 is 12.0. The van der Waals surface area contributed by atoms with Crippen molar-refractivity contribution >= 4 is 34.9 Å². The molecule has 0 spiro atoms. The summed E-state index contributed by atoms with van der Waals surface area (Å²) in [6.07, 6.45) is 1.29. The third-order valence-corrected chi connectivity index (χ3v) is 4.51. The molecule has 0 atom stereocenters. The maximum atomic E-state index is 10.8. The molecule has 3 rings (SSSR count). The smallest absolute Gasteiger partial charge is 0.337 e. The molecule has 3 heterocycles. The second-order valence-corrected chi connectivity index (χ2v) is 6.46. The van der Waals surface area contributed by atoms with E-state index in [1.165, 1.54) is 12.3 Å². The number of hydrogen-bond acceptors (Lipinski definition) is 7. The zero-order valence-electron chi connectivity index (χ0n) is 13.8. The second kappa shape index (κ2) is 8.48. The van der Waals surface area contributed by atoms with Gasteiger partial charge < -0.3 is 14.7 Å². The van der Waals surface area contributed by atoms with Gasteiger partial charge in [-0.05, 0) is 6.07 Å². The maximum Gasteiger partial charge on any atom is 0.337 e. The summed E-state index contributed by atoms with van der Waals surface area (Å²) in [6.45, 7) is 4.53. The molecule has 1 N–H and O–H groups in total. The van der Waals surface area contributed by atoms with Gasteiger partial charge in [0.15, 0.2) is 10.3 Å². The Kier molecular flexibility index (Phi) is 6.08. The fourth-order valence-electron chi connectivity index (χ4n) is 2.65. The van der Waals surface area contributed by atoms with Gasteiger partial charge in [-0.3, -0.25) is 4.90 Å². The van der Waals surface area contributed by atoms with Crippen LogP contribution in [0.3, 0.4) is 0 Å². The van der Waals surface area contributed by atoms with E-state index in [1.807, 2.05) is 0 Å². The molecule has 0 aliphatic carbocycles. The molecule has 0 aromatic carbocycles. The predicted octanol–water partition coefficient (Wildman–Crippen LogP) is 2.08. The lowest BCUT2D eigenvalue weighted by atomic mass is 10.3. The minimum atomic E-state index is -1.01. The highest BCUT2D eigenvalue weighted by Crippen LogP contribution is 2.26. The molecule has 1 aliphatic heterocycles. The number of ether oxygens (including phenoxy) is 1. The number of carboxylic acid groups (broad SMARTS) is 1. The largest absolute Gasteiger partial charge is 0.478 e. The van der Waals surface area contributed by atoms with E-state index in [4.69, 9.17) is 33.0 Å². The first kappa shape index (κ1) is 18.6. The van der Waals surface area contributed by atoms with Crippen molar-refractivity contribution in [2.24, 2.45) is 0 Å². The molecule has 0 amide bonds. The Labute approximate surface area is 160 Å². The monoisotopic (exact) mass is 397 g/mol. The van der Waals surface area contributed by atoms with Crippen LogP contribution in [0, 0.1) is 0 Å². The first-order valence-electron chi connectivity index (χ1n) is 8.01. The van der Waals surface area contributed by atoms with Crippen molar-refractivity contribution in [1.29, 1.82) is 0 Å². The van der Waals surface area contributed by atoms with Crippen LogP contribution in [0.25, 0.3) is 0 Å². The fourth-order valence-corrected chi connectivity index (χ4v) is 3.00. The van der Waals surface area contributed by atoms with Gasteiger partial charge in [0.05, 0.1) is 11.3 Å². The van der Waals surface area contributed by atoms with Crippen LogP contribution in [-0.4, -0.2) is 70.5 Å². The molecule has 1 fully saturated rings. The van der Waals surface area contributed by atoms with Crippen LogP contribution in [0.1, 0.15) is 10.4 Å². The molecule has 0 saturated carbocycles. The van der Waals surface area contributed by atoms with Crippen molar-refractivity contribution in [3.05, 3.63) is 40.3 Å². The molecule has 8 nitrogen and oxygen atoms in total. The number of aromatic nitrogens is 3. The zero-order chi connectivity index (χ0) is 18.5. The summed E-state index contributed by atoms with van der Waals surface area (Å²) in [5.41, 5.74) is 0.933. The van der Waals surface area contributed by atoms with Crippen molar-refractivity contribution in [2.45, 2.75) is 0 Å². The van der Waals surface area contributed by atoms with E-state index >= 15 is 0 Å². The SMILES string of the molecule is O=C(O)c1ccc(OCCN2CCN(c3cc(Cl)nnc3Cl)CC2)nc1. The first-order valence-corrected chi connectivity index (χ1v) is 8.76. The molecule has 10 heteroatoms. The summed E-state index contributed by atoms with van der Waals surface area (Å²) in [7, 11) is 0. The van der Waals surface area contributed by atoms with Crippen molar-refractivity contribution in [2.75, 3.05) is 44.2 Å². The molecule has 0 bridgehead atoms. The van der Waals surface area contributed by atoms with Crippen molar-refractivity contribution < 1.29 is 14.6 Å². The molecule has 2 aromatic heterocycles. The quantitative estimate of drug-likeness (QED) is 0.791. The van der Waals surface area contributed by atoms with Gasteiger partial charge in [-0.15, -0.1) is 10.2 Å². The van der Waals surface area contributed by atoms with E-state index in [-0.39, 0.29) is 5.56 Å². The van der Waals surface area contributed by atoms with Crippen LogP contribution in [0.4, 0.5) is 5.69 Å². The number of rotatable bonds is 6. The Hall–Kier alpha value is -2.16. The van der Waals surface area contributed by atoms with Crippen molar-refractivity contribution in [3.63, 3.8) is 0 Å². The molecule has 2 aromatic rings. The van der Waals surface area contributed by atoms with E-state index in [0.717, 1.165) is 38.4 Å². The average molecular weight is 398 g/mol. The normalized spacial score (nSPS) is 15.1. The highest BCUT2D eigenvalue weighted by molar-refractivity contribution is 6.33. The van der Waals surface area contributed by atoms with E-state index in [0.29, 0.717) is 22.8 Å². The first-order chi connectivity index (χ1) is 12.5. The van der Waals surface area contributed by atoms with Crippen molar-refractivity contribution in [1.82, 2.24) is 20.1 Å². The number of nitrogens with zero attached hydrogens (tertiary/aromatic N) is 5. The molecular weight excluding hydrogens is 381 g/mol. The maximum absolute atomic E-state index is 10.8. The molecular formula is C16H17Cl2N5O3. The molecule has 26 heavy (non-hydrogen) atoms. The molecule has 138 valence electrons. The number of hydrogen-bond donors (Lipinski definition) is 1. The molecule has 1 saturated heterocycles. The van der Waals surface area contributed by atoms with Gasteiger partial charge in [-0.2, -0.15) is 0 Å². The van der Waals surface area contributed by atoms with Gasteiger partial charge in [0.25, 0.3) is 0 Å². The summed E-state index contributed by atoms with van der Waals surface area (Å²) < 4.78 is 5.57. The summed E-state index contributed by atoms with van der Waals surface area (Å²) in [6, 6.07) is 4.76. The lowest BCUT2D eigenvalue weighted by Crippen LogP contribution is -2.47. The fraction of sp³-hybridized carbons (Fsp3) is 0.375. The Morgan fingerprint density at radius 3 is 2.62 bits per heavy atom. The van der Waals surface area contributed by atoms with Gasteiger partial charge in [-0.1, -0.05) is 23.2 Å². The van der Waals surface area contributed by atoms with Gasteiger partial charge in [0.2, 0.25) is 5.88 Å². The Bertz CT molecular complexity index is 767. The van der Waals surface area contributed by atoms with E-state index in [2.05, 4.69) is 25.0 Å². The van der Waals surface area contributed by atoms with Gasteiger partial charge >= 0.3 is 5.97 Å². The number of halogens is 2. The van der Waals surface area contributed by atoms with E-state index in [9.17, 15) is 4.79 Å². The third kappa shape index (κ3) is 4.72. The molecule has 1 aliphatic rings. The Morgan fingerprint density at radius 1 is 1.19 bits per heavy atom. The number of pyridine rings is 1. The van der Waals surface area contributed by atoms with Gasteiger partial charge in [0.1, 0.15) is 6.61 Å². The second-order valence-electron chi connectivity index (χ2n) is 5.71. The number of aromatic carboxylic acids is 1. The van der Waals surface area contributed by atoms with Crippen molar-refractivity contribution in [3.8, 4) is 5.88 Å². The van der Waals surface area contributed by atoms with Crippen LogP contribution in [0.2, 0.25) is 10.3 Å². The highest BCUT2D eigenvalue weighted by atomic mass is 35.5. The molecule has 0 unspecified atom stereocenters. The average Bonchev–Trinajstić information content (AvgIpc) is 2.65. The van der Waals surface area contributed by atoms with Gasteiger partial charge in [0, 0.05) is 51.1 Å². The highest BCUT2D eigenvalue weighted by Gasteiger charge is 2.20. The number of carboxylic acids is 1. The predicted molar refractivity (Wildman–Crippen MR) is 97.4 cm³/mol. The summed E-state index contributed by atoms with van der Waals surface area (Å²) in [4.78, 5) is 19.2. The lowest BCUT2D eigenvalue weighted by molar-refractivity contribution is 0.0696. The van der Waals surface area contributed by atoms with Crippen LogP contribution in [-0.2, 0) is 0 Å². The summed E-state index contributed by atoms with van der Waals surface area (Å²) in [5, 5.41) is 17.1. The number of anilines is 1. The lowest BCUT2D eigenvalue weighted by Gasteiger charge is -2.36. The van der Waals surface area contributed by atoms with Crippen LogP contribution < -0.4 is 9.64 Å². The minimum absolute atomic E-state index is 0.137. The standard InChI is InChI=1S/C16H17Cl2N5O3/c17-13-9-12(15(18)21-20-13)23-5-3-22(4-6-23)7-8-26-14-2-1-11(10-19-14)16(24)25/h1-2,9-10H,3-8H2,(H,24,25). The topological polar surface area (TPSA) is 91.7 Å². The van der Waals surface area contributed by atoms with Crippen LogP contribution in [0.15, 0.2) is 24.4 Å². The summed E-state index contributed by atoms with van der Waals surface area (Å²) in [5.74, 6) is -0.592. The Balaban J connectivity index is 1.44. The Morgan fingerprint density at radius 2 is 1.96 bits per heavy atom. The zero-order valence-corrected chi connectivity index (χ0v) is 15.3. The van der Waals surface area contributed by atoms with E-state index < -0.39 is 5.97 Å². The van der Waals surface area contributed by atoms with Crippen LogP contribution >= 0.6 is 23.2 Å². The van der Waals surface area contributed by atoms with E-state index in [1.54, 1.807) is 12.1 Å². The molecule has 0 radical (unpaired) electrons. The van der Waals surface area contributed by atoms with Crippen LogP contribution in [0.5, 0.6) is 5.88 Å². The number of carbonyl (C=O) groups is 1. The minimum Gasteiger partial charge on any atom is -0.478 e. The third-order valence-electron chi connectivity index (χ3n) is 4.05. The number of piperazine rings is 1.